The summed E-state index contributed by atoms with van der Waals surface area (Å²) in [5.41, 5.74) is 1.68. The van der Waals surface area contributed by atoms with Gasteiger partial charge in [-0.15, -0.1) is 0 Å². The van der Waals surface area contributed by atoms with E-state index in [0.717, 1.165) is 0 Å². The molecule has 0 radical (unpaired) electrons. The molecule has 0 saturated heterocycles. The quantitative estimate of drug-likeness (QED) is 0.451. The van der Waals surface area contributed by atoms with Gasteiger partial charge in [-0.05, 0) is 60.6 Å². The van der Waals surface area contributed by atoms with Crippen LogP contribution in [0.5, 0.6) is 0 Å². The Morgan fingerprint density at radius 2 is 1.57 bits per heavy atom. The number of nitrogens with one attached hydrogen (secondary N) is 2. The number of benzene rings is 2. The fourth-order valence-corrected chi connectivity index (χ4v) is 4.86. The van der Waals surface area contributed by atoms with E-state index in [4.69, 9.17) is 4.52 Å². The molecule has 0 amide bonds. The molecule has 13 heteroatoms. The van der Waals surface area contributed by atoms with Crippen LogP contribution in [0.3, 0.4) is 0 Å². The van der Waals surface area contributed by atoms with Gasteiger partial charge >= 0.3 is 0 Å². The van der Waals surface area contributed by atoms with Crippen molar-refractivity contribution in [1.82, 2.24) is 15.5 Å². The number of sulfonamides is 2. The van der Waals surface area contributed by atoms with Crippen LogP contribution in [0.25, 0.3) is 11.0 Å². The third-order valence-electron chi connectivity index (χ3n) is 4.34. The van der Waals surface area contributed by atoms with Gasteiger partial charge in [-0.1, -0.05) is 11.2 Å². The van der Waals surface area contributed by atoms with Gasteiger partial charge in [-0.25, -0.2) is 26.2 Å². The fraction of sp³-hybridized carbons (Fsp3) is 0.118. The van der Waals surface area contributed by atoms with Gasteiger partial charge in [-0.2, -0.15) is 0 Å². The molecule has 0 atom stereocenters. The first kappa shape index (κ1) is 19.8. The standard InChI is InChI=1S/C17H15N5O6S2/c1-10-11(2)18-27-17(10)22-29(23,24)13-8-6-12(7-9-13)21-30(25,26)15-5-3-4-14-16(15)20-28-19-14/h3-9,21-22H,1-2H3. The Morgan fingerprint density at radius 3 is 2.23 bits per heavy atom. The molecule has 0 spiro atoms. The maximum absolute atomic E-state index is 12.7. The average Bonchev–Trinajstić information content (AvgIpc) is 3.30. The zero-order chi connectivity index (χ0) is 21.5. The van der Waals surface area contributed by atoms with Gasteiger partial charge in [0.2, 0.25) is 5.88 Å². The second kappa shape index (κ2) is 7.11. The summed E-state index contributed by atoms with van der Waals surface area (Å²) in [5, 5.41) is 10.9. The number of nitrogens with zero attached hydrogens (tertiary/aromatic N) is 3. The van der Waals surface area contributed by atoms with E-state index in [0.29, 0.717) is 16.8 Å². The van der Waals surface area contributed by atoms with Crippen LogP contribution < -0.4 is 9.44 Å². The summed E-state index contributed by atoms with van der Waals surface area (Å²) < 4.78 is 64.7. The maximum Gasteiger partial charge on any atom is 0.264 e. The van der Waals surface area contributed by atoms with E-state index in [1.807, 2.05) is 0 Å². The number of anilines is 2. The minimum atomic E-state index is -4.01. The van der Waals surface area contributed by atoms with Gasteiger partial charge in [0.05, 0.1) is 10.6 Å². The highest BCUT2D eigenvalue weighted by Gasteiger charge is 2.22. The second-order valence-electron chi connectivity index (χ2n) is 6.35. The summed E-state index contributed by atoms with van der Waals surface area (Å²) in [6, 6.07) is 9.61. The first-order valence-electron chi connectivity index (χ1n) is 8.47. The number of fused-ring (bicyclic) bond motifs is 1. The van der Waals surface area contributed by atoms with Gasteiger partial charge in [0.1, 0.15) is 10.4 Å². The van der Waals surface area contributed by atoms with E-state index in [2.05, 4.69) is 29.5 Å². The number of aromatic nitrogens is 3. The summed E-state index contributed by atoms with van der Waals surface area (Å²) >= 11 is 0. The highest BCUT2D eigenvalue weighted by atomic mass is 32.2. The van der Waals surface area contributed by atoms with Gasteiger partial charge in [0.15, 0.2) is 5.52 Å². The molecule has 0 unspecified atom stereocenters. The summed E-state index contributed by atoms with van der Waals surface area (Å²) in [5.74, 6) is 0.0200. The summed E-state index contributed by atoms with van der Waals surface area (Å²) in [4.78, 5) is -0.197. The van der Waals surface area contributed by atoms with Crippen molar-refractivity contribution in [1.29, 1.82) is 0 Å². The zero-order valence-corrected chi connectivity index (χ0v) is 17.3. The molecule has 156 valence electrons. The Labute approximate surface area is 171 Å². The lowest BCUT2D eigenvalue weighted by molar-refractivity contribution is 0.315. The number of hydrogen-bond donors (Lipinski definition) is 2. The molecule has 0 fully saturated rings. The second-order valence-corrected chi connectivity index (χ2v) is 9.68. The van der Waals surface area contributed by atoms with E-state index < -0.39 is 20.0 Å². The van der Waals surface area contributed by atoms with Crippen molar-refractivity contribution in [3.05, 3.63) is 53.7 Å². The van der Waals surface area contributed by atoms with Crippen LogP contribution in [-0.2, 0) is 20.0 Å². The Balaban J connectivity index is 1.57. The molecule has 2 N–H and O–H groups in total. The minimum absolute atomic E-state index is 0.0200. The normalized spacial score (nSPS) is 12.2. The monoisotopic (exact) mass is 449 g/mol. The predicted molar refractivity (Wildman–Crippen MR) is 106 cm³/mol. The molecule has 30 heavy (non-hydrogen) atoms. The van der Waals surface area contributed by atoms with Gasteiger partial charge in [-0.3, -0.25) is 4.72 Å². The lowest BCUT2D eigenvalue weighted by atomic mass is 10.3. The topological polar surface area (TPSA) is 157 Å². The van der Waals surface area contributed by atoms with Crippen molar-refractivity contribution in [2.45, 2.75) is 23.6 Å². The maximum atomic E-state index is 12.7. The number of aryl methyl sites for hydroxylation is 1. The van der Waals surface area contributed by atoms with E-state index >= 15 is 0 Å². The molecule has 0 aliphatic heterocycles. The molecule has 0 bridgehead atoms. The van der Waals surface area contributed by atoms with Crippen LogP contribution >= 0.6 is 0 Å². The predicted octanol–water partition coefficient (Wildman–Crippen LogP) is 2.43. The van der Waals surface area contributed by atoms with Crippen molar-refractivity contribution in [2.75, 3.05) is 9.44 Å². The van der Waals surface area contributed by atoms with Crippen LogP contribution in [0.4, 0.5) is 11.6 Å². The number of rotatable bonds is 6. The Kier molecular flexibility index (Phi) is 4.70. The van der Waals surface area contributed by atoms with Gasteiger partial charge < -0.3 is 4.52 Å². The highest BCUT2D eigenvalue weighted by molar-refractivity contribution is 7.93. The van der Waals surface area contributed by atoms with Crippen LogP contribution in [0.2, 0.25) is 0 Å². The van der Waals surface area contributed by atoms with Crippen molar-refractivity contribution >= 4 is 42.7 Å². The molecular weight excluding hydrogens is 434 g/mol. The van der Waals surface area contributed by atoms with E-state index in [1.54, 1.807) is 19.9 Å². The van der Waals surface area contributed by atoms with Crippen LogP contribution in [0.15, 0.2) is 61.4 Å². The van der Waals surface area contributed by atoms with Crippen molar-refractivity contribution in [2.24, 2.45) is 0 Å². The molecule has 0 aliphatic rings. The SMILES string of the molecule is Cc1noc(NS(=O)(=O)c2ccc(NS(=O)(=O)c3cccc4nonc34)cc2)c1C. The third kappa shape index (κ3) is 3.59. The summed E-state index contributed by atoms with van der Waals surface area (Å²) in [6.07, 6.45) is 0. The number of hydrogen-bond acceptors (Lipinski definition) is 9. The molecule has 0 aliphatic carbocycles. The molecular formula is C17H15N5O6S2. The smallest absolute Gasteiger partial charge is 0.264 e. The van der Waals surface area contributed by atoms with Crippen molar-refractivity contribution in [3.63, 3.8) is 0 Å². The van der Waals surface area contributed by atoms with Crippen LogP contribution in [0, 0.1) is 13.8 Å². The summed E-state index contributed by atoms with van der Waals surface area (Å²) in [7, 11) is -7.96. The highest BCUT2D eigenvalue weighted by Crippen LogP contribution is 2.25. The van der Waals surface area contributed by atoms with Crippen LogP contribution in [0.1, 0.15) is 11.3 Å². The zero-order valence-electron chi connectivity index (χ0n) is 15.6. The molecule has 2 aromatic carbocycles. The van der Waals surface area contributed by atoms with E-state index in [-0.39, 0.29) is 26.9 Å². The Morgan fingerprint density at radius 1 is 0.833 bits per heavy atom. The largest absolute Gasteiger partial charge is 0.337 e. The molecule has 4 rings (SSSR count). The van der Waals surface area contributed by atoms with E-state index in [9.17, 15) is 16.8 Å². The lowest BCUT2D eigenvalue weighted by Gasteiger charge is -2.10. The molecule has 2 heterocycles. The summed E-state index contributed by atoms with van der Waals surface area (Å²) in [6.45, 7) is 3.36. The van der Waals surface area contributed by atoms with E-state index in [1.165, 1.54) is 36.4 Å². The Hall–Kier alpha value is -3.45. The minimum Gasteiger partial charge on any atom is -0.337 e. The van der Waals surface area contributed by atoms with Gasteiger partial charge in [0, 0.05) is 11.3 Å². The average molecular weight is 449 g/mol. The third-order valence-corrected chi connectivity index (χ3v) is 7.10. The lowest BCUT2D eigenvalue weighted by Crippen LogP contribution is -2.15. The first-order chi connectivity index (χ1) is 14.2. The Bertz CT molecular complexity index is 1440. The molecule has 2 aromatic heterocycles. The van der Waals surface area contributed by atoms with Crippen molar-refractivity contribution in [3.8, 4) is 0 Å². The molecule has 0 saturated carbocycles. The fourth-order valence-electron chi connectivity index (χ4n) is 2.60. The van der Waals surface area contributed by atoms with Crippen LogP contribution in [-0.4, -0.2) is 32.3 Å². The molecule has 4 aromatic rings. The van der Waals surface area contributed by atoms with Crippen molar-refractivity contribution < 1.29 is 26.0 Å². The first-order valence-corrected chi connectivity index (χ1v) is 11.4. The van der Waals surface area contributed by atoms with Gasteiger partial charge in [0.25, 0.3) is 20.0 Å². The molecule has 11 nitrogen and oxygen atoms in total.